The Kier molecular flexibility index (Phi) is 5.85. The van der Waals surface area contributed by atoms with Gasteiger partial charge in [-0.2, -0.15) is 11.3 Å². The lowest BCUT2D eigenvalue weighted by Gasteiger charge is -2.48. The van der Waals surface area contributed by atoms with E-state index >= 15 is 0 Å². The van der Waals surface area contributed by atoms with Crippen molar-refractivity contribution in [3.8, 4) is 0 Å². The fourth-order valence-corrected chi connectivity index (χ4v) is 5.81. The van der Waals surface area contributed by atoms with Crippen molar-refractivity contribution in [1.82, 2.24) is 9.80 Å². The van der Waals surface area contributed by atoms with Crippen LogP contribution in [-0.2, 0) is 16.0 Å². The molecule has 3 aliphatic rings. The highest BCUT2D eigenvalue weighted by atomic mass is 32.1. The molecule has 0 radical (unpaired) electrons. The van der Waals surface area contributed by atoms with E-state index in [-0.39, 0.29) is 23.5 Å². The normalized spacial score (nSPS) is 23.0. The minimum absolute atomic E-state index is 0.161. The maximum Gasteiger partial charge on any atom is 0.254 e. The standard InChI is InChI=1S/C25H30N2O3S/c28-23(16-19-9-15-31-18-19)26-12-10-25(11-13-26)17-22(8-14-30-25)27(21-6-7-21)24(29)20-4-2-1-3-5-20/h1-5,9,15,18,21-22H,6-8,10-14,16-17H2. The topological polar surface area (TPSA) is 49.9 Å². The van der Waals surface area contributed by atoms with E-state index in [2.05, 4.69) is 4.90 Å². The van der Waals surface area contributed by atoms with Crippen LogP contribution in [0.2, 0.25) is 0 Å². The summed E-state index contributed by atoms with van der Waals surface area (Å²) < 4.78 is 6.33. The highest BCUT2D eigenvalue weighted by Gasteiger charge is 2.46. The van der Waals surface area contributed by atoms with E-state index in [9.17, 15) is 9.59 Å². The summed E-state index contributed by atoms with van der Waals surface area (Å²) in [5.41, 5.74) is 1.68. The van der Waals surface area contributed by atoms with Crippen LogP contribution in [0.5, 0.6) is 0 Å². The SMILES string of the molecule is O=C(Cc1ccsc1)N1CCC2(CC1)CC(N(C(=O)c1ccccc1)C1CC1)CCO2. The molecule has 6 heteroatoms. The number of piperidine rings is 1. The predicted molar refractivity (Wildman–Crippen MR) is 121 cm³/mol. The van der Waals surface area contributed by atoms with Gasteiger partial charge in [-0.15, -0.1) is 0 Å². The van der Waals surface area contributed by atoms with Gasteiger partial charge in [0.05, 0.1) is 12.0 Å². The van der Waals surface area contributed by atoms with Gasteiger partial charge in [-0.05, 0) is 73.0 Å². The van der Waals surface area contributed by atoms with Gasteiger partial charge in [0.1, 0.15) is 0 Å². The average molecular weight is 439 g/mol. The van der Waals surface area contributed by atoms with E-state index in [4.69, 9.17) is 4.74 Å². The molecule has 1 spiro atoms. The second-order valence-electron chi connectivity index (χ2n) is 9.18. The molecule has 31 heavy (non-hydrogen) atoms. The number of rotatable bonds is 5. The summed E-state index contributed by atoms with van der Waals surface area (Å²) in [6.45, 7) is 2.18. The van der Waals surface area contributed by atoms with Crippen molar-refractivity contribution in [1.29, 1.82) is 0 Å². The molecule has 1 aromatic carbocycles. The fraction of sp³-hybridized carbons (Fsp3) is 0.520. The summed E-state index contributed by atoms with van der Waals surface area (Å²) >= 11 is 1.63. The molecule has 1 atom stereocenters. The number of hydrogen-bond acceptors (Lipinski definition) is 4. The first kappa shape index (κ1) is 20.7. The monoisotopic (exact) mass is 438 g/mol. The van der Waals surface area contributed by atoms with Crippen LogP contribution in [0, 0.1) is 0 Å². The number of carbonyl (C=O) groups is 2. The first-order chi connectivity index (χ1) is 15.1. The predicted octanol–water partition coefficient (Wildman–Crippen LogP) is 4.14. The first-order valence-electron chi connectivity index (χ1n) is 11.4. The number of benzene rings is 1. The summed E-state index contributed by atoms with van der Waals surface area (Å²) in [5.74, 6) is 0.369. The zero-order valence-corrected chi connectivity index (χ0v) is 18.7. The van der Waals surface area contributed by atoms with E-state index in [1.54, 1.807) is 11.3 Å². The third-order valence-corrected chi connectivity index (χ3v) is 7.75. The van der Waals surface area contributed by atoms with Gasteiger partial charge in [0.15, 0.2) is 0 Å². The van der Waals surface area contributed by atoms with Gasteiger partial charge in [-0.25, -0.2) is 0 Å². The van der Waals surface area contributed by atoms with Crippen molar-refractivity contribution in [3.63, 3.8) is 0 Å². The van der Waals surface area contributed by atoms with Gasteiger partial charge >= 0.3 is 0 Å². The van der Waals surface area contributed by atoms with Gasteiger partial charge in [0, 0.05) is 37.3 Å². The molecular formula is C25H30N2O3S. The molecule has 164 valence electrons. The number of nitrogens with zero attached hydrogens (tertiary/aromatic N) is 2. The van der Waals surface area contributed by atoms with Gasteiger partial charge in [0.25, 0.3) is 5.91 Å². The van der Waals surface area contributed by atoms with E-state index in [1.807, 2.05) is 52.1 Å². The van der Waals surface area contributed by atoms with Crippen LogP contribution in [-0.4, -0.2) is 59.0 Å². The molecule has 2 saturated heterocycles. The lowest BCUT2D eigenvalue weighted by Crippen LogP contribution is -2.56. The quantitative estimate of drug-likeness (QED) is 0.705. The summed E-state index contributed by atoms with van der Waals surface area (Å²) in [6.07, 6.45) is 6.20. The van der Waals surface area contributed by atoms with Crippen LogP contribution in [0.4, 0.5) is 0 Å². The fourth-order valence-electron chi connectivity index (χ4n) is 5.14. The minimum atomic E-state index is -0.202. The molecule has 3 heterocycles. The summed E-state index contributed by atoms with van der Waals surface area (Å²) in [7, 11) is 0. The Morgan fingerprint density at radius 3 is 2.52 bits per heavy atom. The van der Waals surface area contributed by atoms with Gasteiger partial charge in [-0.1, -0.05) is 18.2 Å². The molecule has 2 amide bonds. The first-order valence-corrected chi connectivity index (χ1v) is 12.4. The van der Waals surface area contributed by atoms with Crippen molar-refractivity contribution in [2.75, 3.05) is 19.7 Å². The average Bonchev–Trinajstić information content (AvgIpc) is 3.49. The molecule has 1 aliphatic carbocycles. The largest absolute Gasteiger partial charge is 0.375 e. The minimum Gasteiger partial charge on any atom is -0.375 e. The highest BCUT2D eigenvalue weighted by molar-refractivity contribution is 7.08. The number of thiophene rings is 1. The number of ether oxygens (including phenoxy) is 1. The Morgan fingerprint density at radius 2 is 1.84 bits per heavy atom. The van der Waals surface area contributed by atoms with Crippen LogP contribution in [0.25, 0.3) is 0 Å². The molecule has 2 aliphatic heterocycles. The Balaban J connectivity index is 1.24. The molecule has 1 aromatic heterocycles. The maximum atomic E-state index is 13.3. The van der Waals surface area contributed by atoms with Crippen LogP contribution < -0.4 is 0 Å². The molecule has 0 bridgehead atoms. The van der Waals surface area contributed by atoms with Crippen molar-refractivity contribution in [3.05, 3.63) is 58.3 Å². The Labute approximate surface area is 188 Å². The smallest absolute Gasteiger partial charge is 0.254 e. The molecule has 2 aromatic rings. The number of hydrogen-bond donors (Lipinski definition) is 0. The third-order valence-electron chi connectivity index (χ3n) is 7.02. The zero-order chi connectivity index (χ0) is 21.3. The Hall–Kier alpha value is -2.18. The molecule has 1 saturated carbocycles. The van der Waals surface area contributed by atoms with Gasteiger partial charge in [-0.3, -0.25) is 9.59 Å². The number of amides is 2. The van der Waals surface area contributed by atoms with E-state index in [0.29, 0.717) is 19.1 Å². The molecule has 0 N–H and O–H groups in total. The van der Waals surface area contributed by atoms with Crippen molar-refractivity contribution >= 4 is 23.2 Å². The van der Waals surface area contributed by atoms with Gasteiger partial charge < -0.3 is 14.5 Å². The highest BCUT2D eigenvalue weighted by Crippen LogP contribution is 2.40. The lowest BCUT2D eigenvalue weighted by atomic mass is 9.81. The molecular weight excluding hydrogens is 408 g/mol. The van der Waals surface area contributed by atoms with Crippen LogP contribution in [0.15, 0.2) is 47.2 Å². The number of carbonyl (C=O) groups excluding carboxylic acids is 2. The summed E-state index contributed by atoms with van der Waals surface area (Å²) in [6, 6.07) is 12.3. The molecule has 5 nitrogen and oxygen atoms in total. The Bertz CT molecular complexity index is 902. The van der Waals surface area contributed by atoms with E-state index < -0.39 is 0 Å². The summed E-state index contributed by atoms with van der Waals surface area (Å²) in [5, 5.41) is 4.07. The van der Waals surface area contributed by atoms with Crippen molar-refractivity contribution in [2.24, 2.45) is 0 Å². The number of likely N-dealkylation sites (tertiary alicyclic amines) is 1. The van der Waals surface area contributed by atoms with Crippen LogP contribution >= 0.6 is 11.3 Å². The molecule has 1 unspecified atom stereocenters. The third kappa shape index (κ3) is 4.55. The maximum absolute atomic E-state index is 13.3. The van der Waals surface area contributed by atoms with Gasteiger partial charge in [0.2, 0.25) is 5.91 Å². The lowest BCUT2D eigenvalue weighted by molar-refractivity contribution is -0.147. The van der Waals surface area contributed by atoms with Crippen molar-refractivity contribution < 1.29 is 14.3 Å². The Morgan fingerprint density at radius 1 is 1.06 bits per heavy atom. The zero-order valence-electron chi connectivity index (χ0n) is 17.9. The van der Waals surface area contributed by atoms with E-state index in [1.165, 1.54) is 0 Å². The summed E-state index contributed by atoms with van der Waals surface area (Å²) in [4.78, 5) is 30.2. The van der Waals surface area contributed by atoms with Crippen LogP contribution in [0.1, 0.15) is 54.4 Å². The van der Waals surface area contributed by atoms with Crippen molar-refractivity contribution in [2.45, 2.75) is 62.6 Å². The van der Waals surface area contributed by atoms with E-state index in [0.717, 1.165) is 62.7 Å². The second-order valence-corrected chi connectivity index (χ2v) is 9.96. The van der Waals surface area contributed by atoms with Crippen LogP contribution in [0.3, 0.4) is 0 Å². The second kappa shape index (κ2) is 8.75. The molecule has 3 fully saturated rings. The molecule has 5 rings (SSSR count).